The van der Waals surface area contributed by atoms with E-state index >= 15 is 0 Å². The second kappa shape index (κ2) is 4.36. The molecule has 1 aromatic rings. The first-order valence-corrected chi connectivity index (χ1v) is 6.09. The van der Waals surface area contributed by atoms with Gasteiger partial charge in [-0.2, -0.15) is 0 Å². The van der Waals surface area contributed by atoms with Crippen LogP contribution in [0.1, 0.15) is 36.2 Å². The largest absolute Gasteiger partial charge is 0.307 e. The van der Waals surface area contributed by atoms with Crippen LogP contribution in [0, 0.1) is 12.8 Å². The van der Waals surface area contributed by atoms with Gasteiger partial charge in [-0.1, -0.05) is 13.3 Å². The second-order valence-electron chi connectivity index (χ2n) is 4.11. The van der Waals surface area contributed by atoms with Crippen LogP contribution in [-0.4, -0.2) is 16.2 Å². The number of hydrogen-bond donors (Lipinski definition) is 1. The summed E-state index contributed by atoms with van der Waals surface area (Å²) in [4.78, 5) is 0. The number of aromatic nitrogens is 2. The summed E-state index contributed by atoms with van der Waals surface area (Å²) in [5.41, 5.74) is 0. The van der Waals surface area contributed by atoms with E-state index in [4.69, 9.17) is 0 Å². The summed E-state index contributed by atoms with van der Waals surface area (Å²) in [6.45, 7) is 5.22. The molecule has 1 aliphatic rings. The van der Waals surface area contributed by atoms with Crippen molar-refractivity contribution in [3.05, 3.63) is 10.0 Å². The molecule has 78 valence electrons. The summed E-state index contributed by atoms with van der Waals surface area (Å²) < 4.78 is 0. The molecule has 0 saturated heterocycles. The SMILES string of the molecule is Cc1nnc(CNC2CCCC2C)s1. The molecule has 0 radical (unpaired) electrons. The van der Waals surface area contributed by atoms with E-state index < -0.39 is 0 Å². The van der Waals surface area contributed by atoms with Crippen LogP contribution in [0.15, 0.2) is 0 Å². The quantitative estimate of drug-likeness (QED) is 0.832. The summed E-state index contributed by atoms with van der Waals surface area (Å²) >= 11 is 1.69. The molecule has 1 aliphatic carbocycles. The highest BCUT2D eigenvalue weighted by Crippen LogP contribution is 2.25. The molecule has 0 spiro atoms. The predicted molar refractivity (Wildman–Crippen MR) is 58.3 cm³/mol. The third kappa shape index (κ3) is 2.30. The van der Waals surface area contributed by atoms with Gasteiger partial charge in [0, 0.05) is 12.6 Å². The monoisotopic (exact) mass is 211 g/mol. The van der Waals surface area contributed by atoms with E-state index in [1.165, 1.54) is 19.3 Å². The van der Waals surface area contributed by atoms with Crippen LogP contribution < -0.4 is 5.32 Å². The summed E-state index contributed by atoms with van der Waals surface area (Å²) in [5, 5.41) is 13.9. The van der Waals surface area contributed by atoms with Crippen molar-refractivity contribution in [2.24, 2.45) is 5.92 Å². The lowest BCUT2D eigenvalue weighted by Crippen LogP contribution is -2.30. The van der Waals surface area contributed by atoms with Crippen LogP contribution in [0.4, 0.5) is 0 Å². The van der Waals surface area contributed by atoms with E-state index in [1.807, 2.05) is 6.92 Å². The molecule has 14 heavy (non-hydrogen) atoms. The number of nitrogens with zero attached hydrogens (tertiary/aromatic N) is 2. The van der Waals surface area contributed by atoms with Gasteiger partial charge >= 0.3 is 0 Å². The van der Waals surface area contributed by atoms with Crippen LogP contribution in [0.25, 0.3) is 0 Å². The smallest absolute Gasteiger partial charge is 0.131 e. The normalized spacial score (nSPS) is 27.0. The van der Waals surface area contributed by atoms with Crippen molar-refractivity contribution in [1.29, 1.82) is 0 Å². The summed E-state index contributed by atoms with van der Waals surface area (Å²) in [6, 6.07) is 0.694. The zero-order chi connectivity index (χ0) is 9.97. The molecule has 2 rings (SSSR count). The lowest BCUT2D eigenvalue weighted by molar-refractivity contribution is 0.425. The molecule has 0 amide bonds. The molecule has 1 aromatic heterocycles. The minimum Gasteiger partial charge on any atom is -0.307 e. The van der Waals surface area contributed by atoms with Gasteiger partial charge in [0.05, 0.1) is 0 Å². The Labute approximate surface area is 88.9 Å². The van der Waals surface area contributed by atoms with Crippen molar-refractivity contribution in [3.8, 4) is 0 Å². The van der Waals surface area contributed by atoms with Gasteiger partial charge in [-0.05, 0) is 25.7 Å². The van der Waals surface area contributed by atoms with Gasteiger partial charge in [-0.15, -0.1) is 21.5 Å². The maximum atomic E-state index is 4.11. The maximum absolute atomic E-state index is 4.11. The molecule has 0 aliphatic heterocycles. The number of hydrogen-bond acceptors (Lipinski definition) is 4. The Balaban J connectivity index is 1.82. The number of nitrogens with one attached hydrogen (secondary N) is 1. The molecule has 1 N–H and O–H groups in total. The minimum absolute atomic E-state index is 0.694. The first-order valence-electron chi connectivity index (χ1n) is 5.28. The van der Waals surface area contributed by atoms with E-state index in [2.05, 4.69) is 22.4 Å². The van der Waals surface area contributed by atoms with Gasteiger partial charge in [0.25, 0.3) is 0 Å². The Morgan fingerprint density at radius 2 is 2.29 bits per heavy atom. The van der Waals surface area contributed by atoms with Crippen molar-refractivity contribution >= 4 is 11.3 Å². The summed E-state index contributed by atoms with van der Waals surface area (Å²) in [6.07, 6.45) is 4.06. The highest BCUT2D eigenvalue weighted by molar-refractivity contribution is 7.11. The fraction of sp³-hybridized carbons (Fsp3) is 0.800. The average molecular weight is 211 g/mol. The van der Waals surface area contributed by atoms with Crippen molar-refractivity contribution < 1.29 is 0 Å². The van der Waals surface area contributed by atoms with Crippen LogP contribution >= 0.6 is 11.3 Å². The van der Waals surface area contributed by atoms with Gasteiger partial charge in [0.1, 0.15) is 10.0 Å². The molecule has 2 unspecified atom stereocenters. The zero-order valence-electron chi connectivity index (χ0n) is 8.79. The highest BCUT2D eigenvalue weighted by atomic mass is 32.1. The Morgan fingerprint density at radius 1 is 1.43 bits per heavy atom. The van der Waals surface area contributed by atoms with Crippen molar-refractivity contribution in [3.63, 3.8) is 0 Å². The molecule has 4 heteroatoms. The standard InChI is InChI=1S/C10H17N3S/c1-7-4-3-5-9(7)11-6-10-13-12-8(2)14-10/h7,9,11H,3-6H2,1-2H3. The zero-order valence-corrected chi connectivity index (χ0v) is 9.60. The number of aryl methyl sites for hydroxylation is 1. The highest BCUT2D eigenvalue weighted by Gasteiger charge is 2.22. The number of rotatable bonds is 3. The first kappa shape index (κ1) is 10.1. The van der Waals surface area contributed by atoms with Crippen LogP contribution in [0.3, 0.4) is 0 Å². The Kier molecular flexibility index (Phi) is 3.13. The third-order valence-corrected chi connectivity index (χ3v) is 3.78. The summed E-state index contributed by atoms with van der Waals surface area (Å²) in [5.74, 6) is 0.823. The maximum Gasteiger partial charge on any atom is 0.131 e. The van der Waals surface area contributed by atoms with Crippen LogP contribution in [-0.2, 0) is 6.54 Å². The van der Waals surface area contributed by atoms with Crippen LogP contribution in [0.2, 0.25) is 0 Å². The van der Waals surface area contributed by atoms with E-state index in [9.17, 15) is 0 Å². The Morgan fingerprint density at radius 3 is 2.86 bits per heavy atom. The van der Waals surface area contributed by atoms with Gasteiger partial charge in [0.15, 0.2) is 0 Å². The third-order valence-electron chi connectivity index (χ3n) is 2.94. The molecule has 1 saturated carbocycles. The molecule has 1 fully saturated rings. The van der Waals surface area contributed by atoms with Crippen molar-refractivity contribution in [1.82, 2.24) is 15.5 Å². The fourth-order valence-corrected chi connectivity index (χ4v) is 2.74. The fourth-order valence-electron chi connectivity index (χ4n) is 2.08. The van der Waals surface area contributed by atoms with E-state index in [-0.39, 0.29) is 0 Å². The van der Waals surface area contributed by atoms with Gasteiger partial charge in [0.2, 0.25) is 0 Å². The molecule has 1 heterocycles. The van der Waals surface area contributed by atoms with Gasteiger partial charge in [-0.25, -0.2) is 0 Å². The summed E-state index contributed by atoms with van der Waals surface area (Å²) in [7, 11) is 0. The Hall–Kier alpha value is -0.480. The molecule has 3 nitrogen and oxygen atoms in total. The van der Waals surface area contributed by atoms with Gasteiger partial charge < -0.3 is 5.32 Å². The van der Waals surface area contributed by atoms with E-state index in [1.54, 1.807) is 11.3 Å². The molecule has 0 aromatic carbocycles. The predicted octanol–water partition coefficient (Wildman–Crippen LogP) is 2.12. The van der Waals surface area contributed by atoms with E-state index in [0.717, 1.165) is 22.5 Å². The van der Waals surface area contributed by atoms with Crippen LogP contribution in [0.5, 0.6) is 0 Å². The Bertz CT molecular complexity index is 297. The van der Waals surface area contributed by atoms with E-state index in [0.29, 0.717) is 6.04 Å². The topological polar surface area (TPSA) is 37.8 Å². The average Bonchev–Trinajstić information content (AvgIpc) is 2.72. The molecule has 0 bridgehead atoms. The molecular formula is C10H17N3S. The lowest BCUT2D eigenvalue weighted by atomic mass is 10.1. The lowest BCUT2D eigenvalue weighted by Gasteiger charge is -2.15. The second-order valence-corrected chi connectivity index (χ2v) is 5.38. The minimum atomic E-state index is 0.694. The molecular weight excluding hydrogens is 194 g/mol. The molecule has 2 atom stereocenters. The van der Waals surface area contributed by atoms with Gasteiger partial charge in [-0.3, -0.25) is 0 Å². The first-order chi connectivity index (χ1) is 6.75. The van der Waals surface area contributed by atoms with Crippen molar-refractivity contribution in [2.45, 2.75) is 45.7 Å². The van der Waals surface area contributed by atoms with Crippen molar-refractivity contribution in [2.75, 3.05) is 0 Å².